The van der Waals surface area contributed by atoms with Gasteiger partial charge in [0.1, 0.15) is 6.04 Å². The molecule has 3 aliphatic carbocycles. The molecule has 0 radical (unpaired) electrons. The maximum atomic E-state index is 13.5. The summed E-state index contributed by atoms with van der Waals surface area (Å²) >= 11 is 0. The van der Waals surface area contributed by atoms with E-state index < -0.39 is 52.7 Å². The molecule has 0 spiro atoms. The highest BCUT2D eigenvalue weighted by Gasteiger charge is 2.50. The zero-order valence-electron chi connectivity index (χ0n) is 22.9. The van der Waals surface area contributed by atoms with Gasteiger partial charge in [-0.15, -0.1) is 0 Å². The molecule has 3 aliphatic rings. The topological polar surface area (TPSA) is 159 Å². The average Bonchev–Trinajstić information content (AvgIpc) is 3.32. The number of primary amides is 1. The Morgan fingerprint density at radius 1 is 0.946 bits per heavy atom. The molecule has 0 saturated heterocycles. The van der Waals surface area contributed by atoms with E-state index >= 15 is 0 Å². The first kappa shape index (κ1) is 28.7. The minimum atomic E-state index is -1.06. The fourth-order valence-electron chi connectivity index (χ4n) is 5.54. The summed E-state index contributed by atoms with van der Waals surface area (Å²) in [4.78, 5) is 63.6. The number of carbonyl (C=O) groups is 5. The van der Waals surface area contributed by atoms with Crippen LogP contribution in [0.25, 0.3) is 0 Å². The van der Waals surface area contributed by atoms with Crippen molar-refractivity contribution in [2.75, 3.05) is 0 Å². The summed E-state index contributed by atoms with van der Waals surface area (Å²) in [6.07, 6.45) is 8.06. The third-order valence-corrected chi connectivity index (χ3v) is 7.63. The van der Waals surface area contributed by atoms with Crippen molar-refractivity contribution < 1.29 is 24.0 Å². The molecule has 10 nitrogen and oxygen atoms in total. The molecule has 0 aromatic rings. The van der Waals surface area contributed by atoms with Gasteiger partial charge in [-0.25, -0.2) is 4.79 Å². The number of nitrogens with one attached hydrogen (secondary N) is 4. The molecule has 3 rings (SSSR count). The second kappa shape index (κ2) is 10.8. The van der Waals surface area contributed by atoms with Crippen LogP contribution in [0, 0.1) is 29.1 Å². The van der Waals surface area contributed by atoms with Crippen molar-refractivity contribution in [3.63, 3.8) is 0 Å². The van der Waals surface area contributed by atoms with Gasteiger partial charge in [0.2, 0.25) is 17.6 Å². The third-order valence-electron chi connectivity index (χ3n) is 7.63. The average molecular weight is 518 g/mol. The standard InChI is InChI=1S/C27H43N5O5/c1-26(2,3)21(31-25(37)32-27(4,5)6)24(36)30-19-16-11-10-15(13-16)18(19)23(35)29-17(20(33)22(28)34)12-14-8-7-9-14/h10-11,14-19,21H,7-9,12-13H2,1-6H3,(H2,28,34)(H,29,35)(H,30,36)(H2,31,32,37)/t15?,16?,17?,18?,19?,21-/m1/s1. The van der Waals surface area contributed by atoms with E-state index in [-0.39, 0.29) is 29.6 Å². The van der Waals surface area contributed by atoms with Gasteiger partial charge in [0.25, 0.3) is 5.91 Å². The van der Waals surface area contributed by atoms with E-state index in [1.807, 2.05) is 53.7 Å². The van der Waals surface area contributed by atoms with Crippen molar-refractivity contribution in [2.24, 2.45) is 34.8 Å². The highest BCUT2D eigenvalue weighted by molar-refractivity contribution is 6.37. The Morgan fingerprint density at radius 2 is 1.57 bits per heavy atom. The molecule has 5 amide bonds. The molecule has 2 saturated carbocycles. The molecule has 0 aliphatic heterocycles. The van der Waals surface area contributed by atoms with Gasteiger partial charge in [0.15, 0.2) is 0 Å². The van der Waals surface area contributed by atoms with E-state index in [1.165, 1.54) is 0 Å². The number of Topliss-reactive ketones (excluding diaryl/α,β-unsaturated/α-hetero) is 1. The molecule has 2 fully saturated rings. The van der Waals surface area contributed by atoms with Crippen LogP contribution in [-0.2, 0) is 19.2 Å². The van der Waals surface area contributed by atoms with E-state index in [0.29, 0.717) is 12.8 Å². The Labute approximate surface area is 219 Å². The summed E-state index contributed by atoms with van der Waals surface area (Å²) in [6.45, 7) is 11.1. The van der Waals surface area contributed by atoms with Gasteiger partial charge in [0.05, 0.1) is 12.0 Å². The highest BCUT2D eigenvalue weighted by atomic mass is 16.2. The molecule has 6 atom stereocenters. The van der Waals surface area contributed by atoms with Gasteiger partial charge < -0.3 is 27.0 Å². The zero-order chi connectivity index (χ0) is 27.7. The smallest absolute Gasteiger partial charge is 0.315 e. The number of hydrogen-bond acceptors (Lipinski definition) is 5. The minimum absolute atomic E-state index is 0.0364. The van der Waals surface area contributed by atoms with Crippen molar-refractivity contribution in [3.05, 3.63) is 12.2 Å². The molecule has 10 heteroatoms. The Balaban J connectivity index is 1.74. The van der Waals surface area contributed by atoms with Gasteiger partial charge in [-0.2, -0.15) is 0 Å². The molecule has 5 unspecified atom stereocenters. The Hall–Kier alpha value is -2.91. The normalized spacial score (nSPS) is 26.5. The maximum absolute atomic E-state index is 13.5. The third kappa shape index (κ3) is 7.11. The van der Waals surface area contributed by atoms with E-state index in [4.69, 9.17) is 5.73 Å². The number of urea groups is 1. The molecule has 0 aromatic carbocycles. The molecule has 206 valence electrons. The number of fused-ring (bicyclic) bond motifs is 2. The summed E-state index contributed by atoms with van der Waals surface area (Å²) < 4.78 is 0. The summed E-state index contributed by atoms with van der Waals surface area (Å²) in [5.74, 6) is -3.03. The van der Waals surface area contributed by atoms with Crippen LogP contribution in [0.3, 0.4) is 0 Å². The predicted molar refractivity (Wildman–Crippen MR) is 139 cm³/mol. The molecular formula is C27H43N5O5. The molecule has 6 N–H and O–H groups in total. The SMILES string of the molecule is CC(C)(C)NC(=O)N[C@H](C(=O)NC1C2C=CC(C2)C1C(=O)NC(CC1CCC1)C(=O)C(N)=O)C(C)(C)C. The number of rotatable bonds is 9. The van der Waals surface area contributed by atoms with E-state index in [1.54, 1.807) is 0 Å². The van der Waals surface area contributed by atoms with Gasteiger partial charge >= 0.3 is 6.03 Å². The van der Waals surface area contributed by atoms with Crippen LogP contribution in [0.5, 0.6) is 0 Å². The van der Waals surface area contributed by atoms with Crippen LogP contribution in [0.15, 0.2) is 12.2 Å². The quantitative estimate of drug-likeness (QED) is 0.231. The van der Waals surface area contributed by atoms with Crippen molar-refractivity contribution in [3.8, 4) is 0 Å². The van der Waals surface area contributed by atoms with E-state index in [9.17, 15) is 24.0 Å². The van der Waals surface area contributed by atoms with Crippen molar-refractivity contribution >= 4 is 29.5 Å². The Kier molecular flexibility index (Phi) is 8.39. The number of allylic oxidation sites excluding steroid dienone is 1. The van der Waals surface area contributed by atoms with E-state index in [2.05, 4.69) is 21.3 Å². The monoisotopic (exact) mass is 517 g/mol. The lowest BCUT2D eigenvalue weighted by Gasteiger charge is -2.35. The van der Waals surface area contributed by atoms with Gasteiger partial charge in [-0.05, 0) is 56.8 Å². The van der Waals surface area contributed by atoms with Crippen molar-refractivity contribution in [1.29, 1.82) is 0 Å². The van der Waals surface area contributed by atoms with Gasteiger partial charge in [-0.3, -0.25) is 19.2 Å². The fourth-order valence-corrected chi connectivity index (χ4v) is 5.54. The molecule has 0 heterocycles. The number of hydrogen-bond donors (Lipinski definition) is 5. The largest absolute Gasteiger partial charge is 0.363 e. The number of carbonyl (C=O) groups excluding carboxylic acids is 5. The zero-order valence-corrected chi connectivity index (χ0v) is 22.9. The highest BCUT2D eigenvalue weighted by Crippen LogP contribution is 2.44. The number of nitrogens with two attached hydrogens (primary N) is 1. The Morgan fingerprint density at radius 3 is 2.08 bits per heavy atom. The molecule has 37 heavy (non-hydrogen) atoms. The van der Waals surface area contributed by atoms with Crippen LogP contribution >= 0.6 is 0 Å². The van der Waals surface area contributed by atoms with Crippen LogP contribution in [0.4, 0.5) is 4.79 Å². The van der Waals surface area contributed by atoms with Gasteiger partial charge in [0, 0.05) is 11.6 Å². The van der Waals surface area contributed by atoms with Gasteiger partial charge in [-0.1, -0.05) is 52.2 Å². The van der Waals surface area contributed by atoms with Crippen LogP contribution < -0.4 is 27.0 Å². The first-order chi connectivity index (χ1) is 17.1. The Bertz CT molecular complexity index is 959. The number of ketones is 1. The van der Waals surface area contributed by atoms with Crippen molar-refractivity contribution in [1.82, 2.24) is 21.3 Å². The molecule has 0 aromatic heterocycles. The lowest BCUT2D eigenvalue weighted by atomic mass is 9.79. The first-order valence-corrected chi connectivity index (χ1v) is 13.3. The van der Waals surface area contributed by atoms with Crippen LogP contribution in [0.2, 0.25) is 0 Å². The van der Waals surface area contributed by atoms with Crippen molar-refractivity contribution in [2.45, 2.75) is 97.3 Å². The molecular weight excluding hydrogens is 474 g/mol. The second-order valence-electron chi connectivity index (χ2n) is 13.0. The summed E-state index contributed by atoms with van der Waals surface area (Å²) in [7, 11) is 0. The molecule has 2 bridgehead atoms. The predicted octanol–water partition coefficient (Wildman–Crippen LogP) is 1.54. The van der Waals surface area contributed by atoms with E-state index in [0.717, 1.165) is 19.3 Å². The lowest BCUT2D eigenvalue weighted by Crippen LogP contribution is -2.61. The second-order valence-corrected chi connectivity index (χ2v) is 13.0. The lowest BCUT2D eigenvalue weighted by molar-refractivity contribution is -0.139. The fraction of sp³-hybridized carbons (Fsp3) is 0.741. The maximum Gasteiger partial charge on any atom is 0.315 e. The first-order valence-electron chi connectivity index (χ1n) is 13.3. The summed E-state index contributed by atoms with van der Waals surface area (Å²) in [5.41, 5.74) is 4.20. The number of amides is 5. The van der Waals surface area contributed by atoms with Crippen LogP contribution in [-0.4, -0.2) is 53.2 Å². The van der Waals surface area contributed by atoms with Crippen LogP contribution in [0.1, 0.15) is 73.6 Å². The summed E-state index contributed by atoms with van der Waals surface area (Å²) in [5, 5.41) is 11.4. The minimum Gasteiger partial charge on any atom is -0.363 e. The summed E-state index contributed by atoms with van der Waals surface area (Å²) in [6, 6.07) is -2.74.